The van der Waals surface area contributed by atoms with Crippen molar-refractivity contribution in [3.05, 3.63) is 54.2 Å². The van der Waals surface area contributed by atoms with Crippen LogP contribution in [-0.2, 0) is 11.3 Å². The Bertz CT molecular complexity index is 585. The third-order valence-electron chi connectivity index (χ3n) is 2.88. The van der Waals surface area contributed by atoms with E-state index in [1.807, 2.05) is 61.5 Å². The molecule has 1 heterocycles. The van der Waals surface area contributed by atoms with Gasteiger partial charge in [-0.3, -0.25) is 4.79 Å². The highest BCUT2D eigenvalue weighted by Gasteiger charge is 2.07. The van der Waals surface area contributed by atoms with Crippen LogP contribution in [0, 0.1) is 0 Å². The number of ether oxygens (including phenoxy) is 1. The summed E-state index contributed by atoms with van der Waals surface area (Å²) in [5.74, 6) is 1.37. The van der Waals surface area contributed by atoms with Gasteiger partial charge in [0.2, 0.25) is 0 Å². The number of nitrogens with zero attached hydrogens (tertiary/aromatic N) is 2. The minimum atomic E-state index is -0.160. The molecule has 0 aliphatic rings. The van der Waals surface area contributed by atoms with Gasteiger partial charge in [0, 0.05) is 32.4 Å². The highest BCUT2D eigenvalue weighted by atomic mass is 16.5. The highest BCUT2D eigenvalue weighted by Crippen LogP contribution is 2.13. The molecule has 0 fully saturated rings. The van der Waals surface area contributed by atoms with Crippen LogP contribution in [0.4, 0.5) is 5.82 Å². The van der Waals surface area contributed by atoms with Crippen LogP contribution >= 0.6 is 0 Å². The molecule has 1 amide bonds. The molecule has 2 rings (SSSR count). The number of hydrogen-bond donors (Lipinski definition) is 1. The second kappa shape index (κ2) is 7.28. The second-order valence-electron chi connectivity index (χ2n) is 4.76. The molecule has 21 heavy (non-hydrogen) atoms. The van der Waals surface area contributed by atoms with Crippen molar-refractivity contribution in [2.24, 2.45) is 0 Å². The summed E-state index contributed by atoms with van der Waals surface area (Å²) in [5, 5.41) is 2.83. The normalized spacial score (nSPS) is 10.0. The lowest BCUT2D eigenvalue weighted by Gasteiger charge is -2.16. The number of pyridine rings is 1. The quantitative estimate of drug-likeness (QED) is 0.880. The molecule has 0 atom stereocenters. The van der Waals surface area contributed by atoms with Gasteiger partial charge in [0.15, 0.2) is 6.61 Å². The lowest BCUT2D eigenvalue weighted by atomic mass is 10.2. The Labute approximate surface area is 124 Å². The molecule has 0 saturated heterocycles. The van der Waals surface area contributed by atoms with E-state index in [4.69, 9.17) is 4.74 Å². The molecule has 110 valence electrons. The third-order valence-corrected chi connectivity index (χ3v) is 2.88. The van der Waals surface area contributed by atoms with E-state index in [-0.39, 0.29) is 12.5 Å². The minimum Gasteiger partial charge on any atom is -0.484 e. The molecule has 0 bridgehead atoms. The van der Waals surface area contributed by atoms with E-state index in [2.05, 4.69) is 10.3 Å². The Morgan fingerprint density at radius 3 is 2.67 bits per heavy atom. The second-order valence-corrected chi connectivity index (χ2v) is 4.76. The van der Waals surface area contributed by atoms with Crippen molar-refractivity contribution in [3.8, 4) is 5.75 Å². The fourth-order valence-corrected chi connectivity index (χ4v) is 1.88. The Morgan fingerprint density at radius 1 is 1.19 bits per heavy atom. The molecular weight excluding hydrogens is 266 g/mol. The zero-order valence-electron chi connectivity index (χ0n) is 12.2. The summed E-state index contributed by atoms with van der Waals surface area (Å²) in [5.41, 5.74) is 0.968. The molecule has 0 aliphatic heterocycles. The highest BCUT2D eigenvalue weighted by molar-refractivity contribution is 5.77. The Morgan fingerprint density at radius 2 is 1.95 bits per heavy atom. The first kappa shape index (κ1) is 14.8. The summed E-state index contributed by atoms with van der Waals surface area (Å²) >= 11 is 0. The number of anilines is 1. The molecule has 1 N–H and O–H groups in total. The summed E-state index contributed by atoms with van der Waals surface area (Å²) in [7, 11) is 3.85. The maximum absolute atomic E-state index is 11.8. The lowest BCUT2D eigenvalue weighted by Crippen LogP contribution is -2.29. The van der Waals surface area contributed by atoms with E-state index in [9.17, 15) is 4.79 Å². The van der Waals surface area contributed by atoms with Crippen molar-refractivity contribution < 1.29 is 9.53 Å². The smallest absolute Gasteiger partial charge is 0.258 e. The Hall–Kier alpha value is -2.56. The van der Waals surface area contributed by atoms with Crippen molar-refractivity contribution in [1.29, 1.82) is 0 Å². The van der Waals surface area contributed by atoms with E-state index >= 15 is 0 Å². The zero-order valence-corrected chi connectivity index (χ0v) is 12.2. The number of carbonyl (C=O) groups excluding carboxylic acids is 1. The number of nitrogens with one attached hydrogen (secondary N) is 1. The number of amides is 1. The molecule has 1 aromatic heterocycles. The van der Waals surface area contributed by atoms with Gasteiger partial charge in [-0.25, -0.2) is 4.98 Å². The van der Waals surface area contributed by atoms with Crippen LogP contribution in [0.3, 0.4) is 0 Å². The molecule has 1 aromatic carbocycles. The molecule has 5 nitrogen and oxygen atoms in total. The first-order chi connectivity index (χ1) is 10.2. The van der Waals surface area contributed by atoms with Crippen LogP contribution < -0.4 is 15.0 Å². The van der Waals surface area contributed by atoms with Gasteiger partial charge in [-0.15, -0.1) is 0 Å². The predicted octanol–water partition coefficient (Wildman–Crippen LogP) is 1.84. The van der Waals surface area contributed by atoms with Crippen LogP contribution in [-0.4, -0.2) is 31.6 Å². The van der Waals surface area contributed by atoms with E-state index in [0.29, 0.717) is 12.3 Å². The maximum Gasteiger partial charge on any atom is 0.258 e. The standard InChI is InChI=1S/C16H19N3O2/c1-19(2)16-13(7-6-10-17-16)11-18-15(20)12-21-14-8-4-3-5-9-14/h3-10H,11-12H2,1-2H3,(H,18,20). The Balaban J connectivity index is 1.84. The molecule has 0 aliphatic carbocycles. The van der Waals surface area contributed by atoms with Crippen molar-refractivity contribution in [3.63, 3.8) is 0 Å². The van der Waals surface area contributed by atoms with Crippen LogP contribution in [0.2, 0.25) is 0 Å². The van der Waals surface area contributed by atoms with Gasteiger partial charge >= 0.3 is 0 Å². The maximum atomic E-state index is 11.8. The van der Waals surface area contributed by atoms with Gasteiger partial charge in [-0.1, -0.05) is 24.3 Å². The summed E-state index contributed by atoms with van der Waals surface area (Å²) < 4.78 is 5.40. The van der Waals surface area contributed by atoms with Crippen LogP contribution in [0.1, 0.15) is 5.56 Å². The molecule has 0 radical (unpaired) electrons. The average molecular weight is 285 g/mol. The van der Waals surface area contributed by atoms with E-state index < -0.39 is 0 Å². The molecule has 0 saturated carbocycles. The molecule has 0 spiro atoms. The number of carbonyl (C=O) groups is 1. The zero-order chi connectivity index (χ0) is 15.1. The van der Waals surface area contributed by atoms with Gasteiger partial charge in [0.05, 0.1) is 0 Å². The van der Waals surface area contributed by atoms with Crippen LogP contribution in [0.25, 0.3) is 0 Å². The Kier molecular flexibility index (Phi) is 5.15. The third kappa shape index (κ3) is 4.49. The number of para-hydroxylation sites is 1. The van der Waals surface area contributed by atoms with Crippen LogP contribution in [0.5, 0.6) is 5.75 Å². The number of rotatable bonds is 6. The summed E-state index contributed by atoms with van der Waals surface area (Å²) in [6.07, 6.45) is 1.74. The van der Waals surface area contributed by atoms with Crippen molar-refractivity contribution >= 4 is 11.7 Å². The number of aromatic nitrogens is 1. The van der Waals surface area contributed by atoms with E-state index in [1.54, 1.807) is 6.20 Å². The van der Waals surface area contributed by atoms with Crippen molar-refractivity contribution in [1.82, 2.24) is 10.3 Å². The van der Waals surface area contributed by atoms with Gasteiger partial charge in [0.25, 0.3) is 5.91 Å². The number of benzene rings is 1. The molecule has 0 unspecified atom stereocenters. The minimum absolute atomic E-state index is 0.00156. The fourth-order valence-electron chi connectivity index (χ4n) is 1.88. The van der Waals surface area contributed by atoms with Crippen LogP contribution in [0.15, 0.2) is 48.7 Å². The monoisotopic (exact) mass is 285 g/mol. The summed E-state index contributed by atoms with van der Waals surface area (Å²) in [6.45, 7) is 0.430. The van der Waals surface area contributed by atoms with Gasteiger partial charge in [-0.2, -0.15) is 0 Å². The predicted molar refractivity (Wildman–Crippen MR) is 82.3 cm³/mol. The molecule has 5 heteroatoms. The van der Waals surface area contributed by atoms with Gasteiger partial charge < -0.3 is 15.0 Å². The average Bonchev–Trinajstić information content (AvgIpc) is 2.52. The molecule has 2 aromatic rings. The number of hydrogen-bond acceptors (Lipinski definition) is 4. The van der Waals surface area contributed by atoms with E-state index in [0.717, 1.165) is 11.4 Å². The fraction of sp³-hybridized carbons (Fsp3) is 0.250. The summed E-state index contributed by atoms with van der Waals surface area (Å²) in [4.78, 5) is 18.0. The largest absolute Gasteiger partial charge is 0.484 e. The SMILES string of the molecule is CN(C)c1ncccc1CNC(=O)COc1ccccc1. The molecular formula is C16H19N3O2. The van der Waals surface area contributed by atoms with Gasteiger partial charge in [-0.05, 0) is 18.2 Å². The first-order valence-corrected chi connectivity index (χ1v) is 6.72. The van der Waals surface area contributed by atoms with Crippen molar-refractivity contribution in [2.75, 3.05) is 25.6 Å². The van der Waals surface area contributed by atoms with E-state index in [1.165, 1.54) is 0 Å². The lowest BCUT2D eigenvalue weighted by molar-refractivity contribution is -0.123. The van der Waals surface area contributed by atoms with Gasteiger partial charge in [0.1, 0.15) is 11.6 Å². The summed E-state index contributed by atoms with van der Waals surface area (Å²) in [6, 6.07) is 13.1. The van der Waals surface area contributed by atoms with Crippen molar-refractivity contribution in [2.45, 2.75) is 6.54 Å². The topological polar surface area (TPSA) is 54.5 Å². The first-order valence-electron chi connectivity index (χ1n) is 6.72.